The zero-order valence-corrected chi connectivity index (χ0v) is 28.2. The van der Waals surface area contributed by atoms with Gasteiger partial charge in [0.1, 0.15) is 0 Å². The average molecular weight is 651 g/mol. The van der Waals surface area contributed by atoms with Crippen LogP contribution in [0.1, 0.15) is 59.2 Å². The Morgan fingerprint density at radius 1 is 0.477 bits per heavy atom. The highest BCUT2D eigenvalue weighted by molar-refractivity contribution is 6.89. The van der Waals surface area contributed by atoms with Crippen molar-refractivity contribution in [2.75, 3.05) is 13.2 Å². The van der Waals surface area contributed by atoms with E-state index < -0.39 is 40.4 Å². The van der Waals surface area contributed by atoms with Crippen LogP contribution < -0.4 is 10.4 Å². The first-order valence-electron chi connectivity index (χ1n) is 14.4. The number of hydrogen-bond donors (Lipinski definition) is 0. The van der Waals surface area contributed by atoms with Crippen molar-refractivity contribution in [3.8, 4) is 0 Å². The second kappa shape index (κ2) is 18.2. The number of carbonyl (C=O) groups excluding carboxylic acids is 4. The molecule has 12 nitrogen and oxygen atoms in total. The molecule has 0 saturated carbocycles. The molecule has 2 aromatic carbocycles. The number of hydrogen-bond acceptors (Lipinski definition) is 12. The summed E-state index contributed by atoms with van der Waals surface area (Å²) in [6, 6.07) is 14.0. The molecular formula is C30H42O12Si2. The Morgan fingerprint density at radius 2 is 0.795 bits per heavy atom. The van der Waals surface area contributed by atoms with E-state index in [9.17, 15) is 19.2 Å². The van der Waals surface area contributed by atoms with Gasteiger partial charge in [-0.05, 0) is 37.1 Å². The molecule has 0 bridgehead atoms. The molecule has 0 spiro atoms. The molecule has 0 fully saturated rings. The van der Waals surface area contributed by atoms with Crippen LogP contribution in [0.4, 0.5) is 9.59 Å². The van der Waals surface area contributed by atoms with E-state index in [1.165, 1.54) is 10.4 Å². The fourth-order valence-electron chi connectivity index (χ4n) is 3.73. The van der Waals surface area contributed by atoms with Crippen molar-refractivity contribution in [2.24, 2.45) is 0 Å². The number of unbranched alkanes of at least 4 members (excludes halogenated alkanes) is 5. The summed E-state index contributed by atoms with van der Waals surface area (Å²) < 4.78 is 9.71. The average Bonchev–Trinajstić information content (AvgIpc) is 2.97. The highest BCUT2D eigenvalue weighted by atomic mass is 28.3. The van der Waals surface area contributed by atoms with Crippen molar-refractivity contribution < 1.29 is 58.3 Å². The van der Waals surface area contributed by atoms with Gasteiger partial charge in [0, 0.05) is 0 Å². The summed E-state index contributed by atoms with van der Waals surface area (Å²) in [6.07, 6.45) is 2.27. The molecule has 44 heavy (non-hydrogen) atoms. The Balaban J connectivity index is 1.41. The van der Waals surface area contributed by atoms with Gasteiger partial charge < -0.3 is 9.47 Å². The monoisotopic (exact) mass is 650 g/mol. The summed E-state index contributed by atoms with van der Waals surface area (Å²) in [7, 11) is -2.98. The van der Waals surface area contributed by atoms with Gasteiger partial charge in [-0.3, -0.25) is 9.78 Å². The molecular weight excluding hydrogens is 608 g/mol. The van der Waals surface area contributed by atoms with Crippen LogP contribution in [0.2, 0.25) is 39.3 Å². The summed E-state index contributed by atoms with van der Waals surface area (Å²) in [5.74, 6) is -1.59. The minimum Gasteiger partial charge on any atom is -0.432 e. The lowest BCUT2D eigenvalue weighted by Gasteiger charge is -2.16. The lowest BCUT2D eigenvalue weighted by molar-refractivity contribution is -0.452. The van der Waals surface area contributed by atoms with Gasteiger partial charge in [0.05, 0.1) is 50.6 Å². The normalized spacial score (nSPS) is 11.3. The van der Waals surface area contributed by atoms with Crippen molar-refractivity contribution >= 4 is 50.8 Å². The summed E-state index contributed by atoms with van der Waals surface area (Å²) >= 11 is 0. The zero-order chi connectivity index (χ0) is 32.6. The fourth-order valence-corrected chi connectivity index (χ4v) is 6.06. The molecule has 0 aromatic heterocycles. The minimum absolute atomic E-state index is 0.109. The zero-order valence-electron chi connectivity index (χ0n) is 26.2. The SMILES string of the molecule is C[Si](C)(C)c1ccc(C(=O)OOOC(=O)OCCCCCCCCOC(=O)OOOC(=O)c2ccc([Si](C)(C)C)cc2)cc1. The summed E-state index contributed by atoms with van der Waals surface area (Å²) in [5.41, 5.74) is 0.531. The highest BCUT2D eigenvalue weighted by Crippen LogP contribution is 2.09. The van der Waals surface area contributed by atoms with Gasteiger partial charge in [0.25, 0.3) is 0 Å². The maximum Gasteiger partial charge on any atom is 0.543 e. The quantitative estimate of drug-likeness (QED) is 0.0639. The number of ether oxygens (including phenoxy) is 2. The Morgan fingerprint density at radius 3 is 1.11 bits per heavy atom. The summed E-state index contributed by atoms with van der Waals surface area (Å²) in [6.45, 7) is 13.4. The molecule has 0 heterocycles. The smallest absolute Gasteiger partial charge is 0.432 e. The lowest BCUT2D eigenvalue weighted by atomic mass is 10.1. The first-order valence-corrected chi connectivity index (χ1v) is 21.4. The molecule has 0 aliphatic carbocycles. The molecule has 0 unspecified atom stereocenters. The topological polar surface area (TPSA) is 142 Å². The van der Waals surface area contributed by atoms with Gasteiger partial charge in [-0.15, -0.1) is 0 Å². The Kier molecular flexibility index (Phi) is 15.1. The Labute approximate surface area is 259 Å². The van der Waals surface area contributed by atoms with E-state index in [2.05, 4.69) is 68.9 Å². The van der Waals surface area contributed by atoms with Crippen LogP contribution in [0.25, 0.3) is 0 Å². The Hall–Kier alpha value is -3.73. The van der Waals surface area contributed by atoms with Gasteiger partial charge in [0.2, 0.25) is 0 Å². The van der Waals surface area contributed by atoms with Crippen LogP contribution in [0.15, 0.2) is 48.5 Å². The van der Waals surface area contributed by atoms with Crippen molar-refractivity contribution in [3.05, 3.63) is 59.7 Å². The predicted molar refractivity (Wildman–Crippen MR) is 164 cm³/mol. The van der Waals surface area contributed by atoms with E-state index in [0.29, 0.717) is 12.8 Å². The molecule has 0 atom stereocenters. The maximum absolute atomic E-state index is 12.0. The van der Waals surface area contributed by atoms with Gasteiger partial charge in [-0.25, -0.2) is 29.0 Å². The fraction of sp³-hybridized carbons (Fsp3) is 0.467. The molecule has 2 rings (SSSR count). The van der Waals surface area contributed by atoms with Gasteiger partial charge in [-0.2, -0.15) is 0 Å². The van der Waals surface area contributed by atoms with Crippen LogP contribution >= 0.6 is 0 Å². The first kappa shape index (κ1) is 36.5. The molecule has 0 N–H and O–H groups in total. The number of rotatable bonds is 17. The molecule has 2 aromatic rings. The third kappa shape index (κ3) is 14.2. The van der Waals surface area contributed by atoms with Gasteiger partial charge in [0.15, 0.2) is 0 Å². The summed E-state index contributed by atoms with van der Waals surface area (Å²) in [5, 5.41) is 10.8. The molecule has 0 radical (unpaired) electrons. The predicted octanol–water partition coefficient (Wildman–Crippen LogP) is 6.13. The molecule has 242 valence electrons. The second-order valence-corrected chi connectivity index (χ2v) is 22.2. The third-order valence-electron chi connectivity index (χ3n) is 6.38. The lowest BCUT2D eigenvalue weighted by Crippen LogP contribution is -2.37. The van der Waals surface area contributed by atoms with Crippen molar-refractivity contribution in [1.29, 1.82) is 0 Å². The first-order chi connectivity index (χ1) is 20.8. The van der Waals surface area contributed by atoms with Gasteiger partial charge in [-0.1, -0.05) is 99.6 Å². The van der Waals surface area contributed by atoms with Crippen molar-refractivity contribution in [1.82, 2.24) is 0 Å². The molecule has 14 heteroatoms. The van der Waals surface area contributed by atoms with E-state index >= 15 is 0 Å². The van der Waals surface area contributed by atoms with E-state index in [1.807, 2.05) is 24.3 Å². The molecule has 0 aliphatic rings. The largest absolute Gasteiger partial charge is 0.543 e. The van der Waals surface area contributed by atoms with Crippen molar-refractivity contribution in [3.63, 3.8) is 0 Å². The minimum atomic E-state index is -1.49. The van der Waals surface area contributed by atoms with E-state index in [1.54, 1.807) is 24.3 Å². The van der Waals surface area contributed by atoms with Crippen LogP contribution in [0, 0.1) is 0 Å². The van der Waals surface area contributed by atoms with E-state index in [0.717, 1.165) is 25.7 Å². The van der Waals surface area contributed by atoms with E-state index in [4.69, 9.17) is 9.47 Å². The van der Waals surface area contributed by atoms with E-state index in [-0.39, 0.29) is 24.3 Å². The van der Waals surface area contributed by atoms with Crippen molar-refractivity contribution in [2.45, 2.75) is 77.8 Å². The van der Waals surface area contributed by atoms with Gasteiger partial charge >= 0.3 is 24.2 Å². The maximum atomic E-state index is 12.0. The van der Waals surface area contributed by atoms with Crippen LogP contribution in [-0.2, 0) is 39.1 Å². The highest BCUT2D eigenvalue weighted by Gasteiger charge is 2.19. The van der Waals surface area contributed by atoms with Crippen LogP contribution in [0.5, 0.6) is 0 Å². The summed E-state index contributed by atoms with van der Waals surface area (Å²) in [4.78, 5) is 64.5. The van der Waals surface area contributed by atoms with Crippen LogP contribution in [0.3, 0.4) is 0 Å². The Bertz CT molecular complexity index is 1110. The molecule has 0 amide bonds. The molecule has 0 aliphatic heterocycles. The second-order valence-electron chi connectivity index (χ2n) is 12.0. The third-order valence-corrected chi connectivity index (χ3v) is 10.5. The number of carbonyl (C=O) groups is 4. The number of benzene rings is 2. The molecule has 0 saturated heterocycles. The standard InChI is InChI=1S/C30H42O12Si2/c1-43(2,3)25-17-13-23(14-18-25)27(31)37-41-39-29(33)35-21-11-9-7-8-10-12-22-36-30(34)40-42-38-28(32)24-15-19-26(20-16-24)44(4,5)6/h13-20H,7-12,21-22H2,1-6H3. The van der Waals surface area contributed by atoms with Crippen LogP contribution in [-0.4, -0.2) is 53.6 Å².